The van der Waals surface area contributed by atoms with E-state index in [4.69, 9.17) is 10.8 Å². The summed E-state index contributed by atoms with van der Waals surface area (Å²) in [7, 11) is 0. The van der Waals surface area contributed by atoms with Gasteiger partial charge in [-0.25, -0.2) is 4.98 Å². The highest BCUT2D eigenvalue weighted by molar-refractivity contribution is 5.73. The van der Waals surface area contributed by atoms with Gasteiger partial charge in [-0.05, 0) is 26.0 Å². The molecule has 0 amide bonds. The van der Waals surface area contributed by atoms with Gasteiger partial charge < -0.3 is 10.8 Å². The summed E-state index contributed by atoms with van der Waals surface area (Å²) in [6.07, 6.45) is 1.53. The highest BCUT2D eigenvalue weighted by Crippen LogP contribution is 2.20. The van der Waals surface area contributed by atoms with Crippen LogP contribution in [0.4, 0.5) is 5.69 Å². The molecule has 0 atom stereocenters. The Bertz CT molecular complexity index is 604. The van der Waals surface area contributed by atoms with Gasteiger partial charge >= 0.3 is 5.97 Å². The van der Waals surface area contributed by atoms with Crippen molar-refractivity contribution in [2.24, 2.45) is 5.41 Å². The van der Waals surface area contributed by atoms with Crippen LogP contribution in [0.5, 0.6) is 0 Å². The summed E-state index contributed by atoms with van der Waals surface area (Å²) in [6, 6.07) is 7.25. The van der Waals surface area contributed by atoms with Crippen LogP contribution in [-0.4, -0.2) is 25.8 Å². The van der Waals surface area contributed by atoms with Gasteiger partial charge in [0.2, 0.25) is 0 Å². The summed E-state index contributed by atoms with van der Waals surface area (Å²) in [5, 5.41) is 13.4. The van der Waals surface area contributed by atoms with Crippen LogP contribution in [0.2, 0.25) is 0 Å². The highest BCUT2D eigenvalue weighted by Gasteiger charge is 2.28. The number of aromatic nitrogens is 3. The molecular formula is C13H16N4O2. The van der Waals surface area contributed by atoms with Crippen molar-refractivity contribution in [2.75, 3.05) is 5.73 Å². The van der Waals surface area contributed by atoms with E-state index in [9.17, 15) is 4.79 Å². The van der Waals surface area contributed by atoms with Crippen molar-refractivity contribution in [1.82, 2.24) is 14.8 Å². The molecule has 2 rings (SSSR count). The second-order valence-electron chi connectivity index (χ2n) is 5.08. The smallest absolute Gasteiger partial charge is 0.310 e. The van der Waals surface area contributed by atoms with Crippen LogP contribution < -0.4 is 5.73 Å². The maximum atomic E-state index is 11.1. The number of carboxylic acid groups (broad SMARTS) is 1. The van der Waals surface area contributed by atoms with Crippen molar-refractivity contribution in [3.05, 3.63) is 30.6 Å². The fourth-order valence-electron chi connectivity index (χ4n) is 1.65. The van der Waals surface area contributed by atoms with Gasteiger partial charge in [-0.1, -0.05) is 12.1 Å². The molecule has 1 heterocycles. The molecule has 100 valence electrons. The second kappa shape index (κ2) is 4.72. The minimum atomic E-state index is -0.888. The molecule has 0 radical (unpaired) electrons. The molecule has 0 aliphatic heterocycles. The van der Waals surface area contributed by atoms with Crippen molar-refractivity contribution in [3.63, 3.8) is 0 Å². The first kappa shape index (κ1) is 13.1. The first-order valence-electron chi connectivity index (χ1n) is 5.87. The van der Waals surface area contributed by atoms with E-state index in [0.29, 0.717) is 11.5 Å². The minimum Gasteiger partial charge on any atom is -0.481 e. The average Bonchev–Trinajstić information content (AvgIpc) is 2.76. The molecule has 3 N–H and O–H groups in total. The molecule has 1 aromatic heterocycles. The zero-order valence-corrected chi connectivity index (χ0v) is 10.9. The monoisotopic (exact) mass is 260 g/mol. The van der Waals surface area contributed by atoms with Gasteiger partial charge in [0.1, 0.15) is 6.33 Å². The fourth-order valence-corrected chi connectivity index (χ4v) is 1.65. The number of rotatable bonds is 4. The molecule has 0 bridgehead atoms. The highest BCUT2D eigenvalue weighted by atomic mass is 16.4. The number of carbonyl (C=O) groups is 1. The SMILES string of the molecule is CC(C)(Cn1cnc(-c2cccc(N)c2)n1)C(=O)O. The zero-order valence-electron chi connectivity index (χ0n) is 10.9. The standard InChI is InChI=1S/C13H16N4O2/c1-13(2,12(18)19)7-17-8-15-11(16-17)9-4-3-5-10(14)6-9/h3-6,8H,7,14H2,1-2H3,(H,18,19). The molecule has 0 unspecified atom stereocenters. The number of hydrogen-bond acceptors (Lipinski definition) is 4. The van der Waals surface area contributed by atoms with Crippen LogP contribution >= 0.6 is 0 Å². The summed E-state index contributed by atoms with van der Waals surface area (Å²) < 4.78 is 1.53. The molecule has 2 aromatic rings. The van der Waals surface area contributed by atoms with E-state index in [1.54, 1.807) is 26.0 Å². The van der Waals surface area contributed by atoms with Gasteiger partial charge in [-0.3, -0.25) is 9.48 Å². The number of nitrogen functional groups attached to an aromatic ring is 1. The van der Waals surface area contributed by atoms with Crippen molar-refractivity contribution >= 4 is 11.7 Å². The lowest BCUT2D eigenvalue weighted by Crippen LogP contribution is -2.29. The topological polar surface area (TPSA) is 94.0 Å². The quantitative estimate of drug-likeness (QED) is 0.815. The molecule has 0 aliphatic carbocycles. The molecule has 0 aliphatic rings. The first-order chi connectivity index (χ1) is 8.88. The van der Waals surface area contributed by atoms with E-state index in [2.05, 4.69) is 10.1 Å². The third kappa shape index (κ3) is 2.90. The van der Waals surface area contributed by atoms with Crippen molar-refractivity contribution in [2.45, 2.75) is 20.4 Å². The molecular weight excluding hydrogens is 244 g/mol. The van der Waals surface area contributed by atoms with E-state index in [-0.39, 0.29) is 6.54 Å². The van der Waals surface area contributed by atoms with Crippen LogP contribution in [-0.2, 0) is 11.3 Å². The second-order valence-corrected chi connectivity index (χ2v) is 5.08. The van der Waals surface area contributed by atoms with Crippen LogP contribution in [0.1, 0.15) is 13.8 Å². The van der Waals surface area contributed by atoms with E-state index >= 15 is 0 Å². The van der Waals surface area contributed by atoms with E-state index < -0.39 is 11.4 Å². The minimum absolute atomic E-state index is 0.262. The Labute approximate surface area is 110 Å². The Morgan fingerprint density at radius 2 is 2.21 bits per heavy atom. The van der Waals surface area contributed by atoms with Crippen LogP contribution in [0.15, 0.2) is 30.6 Å². The van der Waals surface area contributed by atoms with Gasteiger partial charge in [0.25, 0.3) is 0 Å². The fraction of sp³-hybridized carbons (Fsp3) is 0.308. The van der Waals surface area contributed by atoms with Gasteiger partial charge in [-0.15, -0.1) is 0 Å². The molecule has 0 saturated carbocycles. The van der Waals surface area contributed by atoms with Gasteiger partial charge in [0.15, 0.2) is 5.82 Å². The third-order valence-corrected chi connectivity index (χ3v) is 2.82. The maximum absolute atomic E-state index is 11.1. The number of nitrogens with two attached hydrogens (primary N) is 1. The number of anilines is 1. The predicted molar refractivity (Wildman–Crippen MR) is 71.3 cm³/mol. The van der Waals surface area contributed by atoms with Gasteiger partial charge in [0.05, 0.1) is 12.0 Å². The molecule has 0 saturated heterocycles. The molecule has 1 aromatic carbocycles. The van der Waals surface area contributed by atoms with Crippen LogP contribution in [0.3, 0.4) is 0 Å². The normalized spacial score (nSPS) is 11.5. The molecule has 0 spiro atoms. The van der Waals surface area contributed by atoms with Crippen molar-refractivity contribution in [1.29, 1.82) is 0 Å². The number of carboxylic acids is 1. The Morgan fingerprint density at radius 1 is 1.47 bits per heavy atom. The molecule has 0 fully saturated rings. The Hall–Kier alpha value is -2.37. The first-order valence-corrected chi connectivity index (χ1v) is 5.87. The van der Waals surface area contributed by atoms with E-state index in [0.717, 1.165) is 5.56 Å². The van der Waals surface area contributed by atoms with Crippen molar-refractivity contribution < 1.29 is 9.90 Å². The molecule has 6 nitrogen and oxygen atoms in total. The van der Waals surface area contributed by atoms with Crippen LogP contribution in [0.25, 0.3) is 11.4 Å². The molecule has 19 heavy (non-hydrogen) atoms. The average molecular weight is 260 g/mol. The number of aliphatic carboxylic acids is 1. The summed E-state index contributed by atoms with van der Waals surface area (Å²) in [6.45, 7) is 3.56. The third-order valence-electron chi connectivity index (χ3n) is 2.82. The zero-order chi connectivity index (χ0) is 14.0. The number of benzene rings is 1. The van der Waals surface area contributed by atoms with Crippen LogP contribution in [0, 0.1) is 5.41 Å². The summed E-state index contributed by atoms with van der Waals surface area (Å²) >= 11 is 0. The van der Waals surface area contributed by atoms with Gasteiger partial charge in [0, 0.05) is 11.3 Å². The maximum Gasteiger partial charge on any atom is 0.310 e. The summed E-state index contributed by atoms with van der Waals surface area (Å²) in [4.78, 5) is 15.2. The number of nitrogens with zero attached hydrogens (tertiary/aromatic N) is 3. The lowest BCUT2D eigenvalue weighted by molar-refractivity contribution is -0.147. The molecule has 6 heteroatoms. The van der Waals surface area contributed by atoms with E-state index in [1.165, 1.54) is 11.0 Å². The van der Waals surface area contributed by atoms with E-state index in [1.807, 2.05) is 12.1 Å². The van der Waals surface area contributed by atoms with Crippen molar-refractivity contribution in [3.8, 4) is 11.4 Å². The van der Waals surface area contributed by atoms with Gasteiger partial charge in [-0.2, -0.15) is 5.10 Å². The largest absolute Gasteiger partial charge is 0.481 e. The Kier molecular flexibility index (Phi) is 3.25. The lowest BCUT2D eigenvalue weighted by Gasteiger charge is -2.18. The number of hydrogen-bond donors (Lipinski definition) is 2. The summed E-state index contributed by atoms with van der Waals surface area (Å²) in [5.41, 5.74) is 6.27. The Balaban J connectivity index is 2.23. The Morgan fingerprint density at radius 3 is 2.84 bits per heavy atom. The predicted octanol–water partition coefficient (Wildman–Crippen LogP) is 1.64. The summed E-state index contributed by atoms with van der Waals surface area (Å²) in [5.74, 6) is -0.331. The lowest BCUT2D eigenvalue weighted by atomic mass is 9.94.